The number of carbonyl (C=O) groups is 2. The second-order valence-corrected chi connectivity index (χ2v) is 4.87. The number of nitrogens with zero attached hydrogens (tertiary/aromatic N) is 1. The molecule has 0 rings (SSSR count). The lowest BCUT2D eigenvalue weighted by atomic mass is 10.1. The molecule has 100 valence electrons. The first-order valence-corrected chi connectivity index (χ1v) is 5.45. The van der Waals surface area contributed by atoms with Crippen molar-refractivity contribution in [2.45, 2.75) is 45.8 Å². The van der Waals surface area contributed by atoms with Crippen LogP contribution in [0.25, 0.3) is 0 Å². The van der Waals surface area contributed by atoms with E-state index in [2.05, 4.69) is 5.32 Å². The van der Waals surface area contributed by atoms with E-state index in [1.807, 2.05) is 20.8 Å². The third-order valence-electron chi connectivity index (χ3n) is 1.87. The summed E-state index contributed by atoms with van der Waals surface area (Å²) in [7, 11) is 2.90. The SMILES string of the molecule is CON(C)C(=O)CC(C)OC(=O)NC(C)(C)C. The lowest BCUT2D eigenvalue weighted by Gasteiger charge is -2.22. The van der Waals surface area contributed by atoms with Gasteiger partial charge in [0.15, 0.2) is 0 Å². The highest BCUT2D eigenvalue weighted by molar-refractivity contribution is 5.76. The van der Waals surface area contributed by atoms with Crippen molar-refractivity contribution in [2.75, 3.05) is 14.2 Å². The van der Waals surface area contributed by atoms with Gasteiger partial charge in [-0.05, 0) is 27.7 Å². The van der Waals surface area contributed by atoms with Gasteiger partial charge in [-0.15, -0.1) is 0 Å². The van der Waals surface area contributed by atoms with Crippen molar-refractivity contribution in [3.63, 3.8) is 0 Å². The molecule has 1 unspecified atom stereocenters. The van der Waals surface area contributed by atoms with E-state index < -0.39 is 12.2 Å². The van der Waals surface area contributed by atoms with Gasteiger partial charge in [-0.3, -0.25) is 9.63 Å². The van der Waals surface area contributed by atoms with Crippen molar-refractivity contribution in [1.82, 2.24) is 10.4 Å². The second kappa shape index (κ2) is 6.44. The molecule has 0 bridgehead atoms. The lowest BCUT2D eigenvalue weighted by Crippen LogP contribution is -2.42. The number of rotatable bonds is 4. The number of carbonyl (C=O) groups excluding carboxylic acids is 2. The van der Waals surface area contributed by atoms with Crippen LogP contribution < -0.4 is 5.32 Å². The fourth-order valence-electron chi connectivity index (χ4n) is 1.04. The summed E-state index contributed by atoms with van der Waals surface area (Å²) in [6, 6.07) is 0. The summed E-state index contributed by atoms with van der Waals surface area (Å²) in [6.07, 6.45) is -0.942. The first-order chi connectivity index (χ1) is 7.65. The summed E-state index contributed by atoms with van der Waals surface area (Å²) in [6.45, 7) is 7.21. The normalized spacial score (nSPS) is 12.8. The molecule has 6 nitrogen and oxygen atoms in total. The zero-order chi connectivity index (χ0) is 13.6. The monoisotopic (exact) mass is 246 g/mol. The lowest BCUT2D eigenvalue weighted by molar-refractivity contribution is -0.170. The number of amides is 2. The van der Waals surface area contributed by atoms with E-state index in [1.54, 1.807) is 6.92 Å². The van der Waals surface area contributed by atoms with E-state index in [-0.39, 0.29) is 17.9 Å². The molecule has 0 fully saturated rings. The topological polar surface area (TPSA) is 67.9 Å². The number of alkyl carbamates (subject to hydrolysis) is 1. The van der Waals surface area contributed by atoms with Gasteiger partial charge in [0.25, 0.3) is 0 Å². The summed E-state index contributed by atoms with van der Waals surface area (Å²) in [5.74, 6) is -0.247. The molecule has 6 heteroatoms. The van der Waals surface area contributed by atoms with Crippen LogP contribution in [0, 0.1) is 0 Å². The van der Waals surface area contributed by atoms with Crippen LogP contribution in [0.5, 0.6) is 0 Å². The van der Waals surface area contributed by atoms with E-state index >= 15 is 0 Å². The van der Waals surface area contributed by atoms with Gasteiger partial charge < -0.3 is 10.1 Å². The molecule has 2 amide bonds. The minimum Gasteiger partial charge on any atom is -0.446 e. The van der Waals surface area contributed by atoms with Gasteiger partial charge in [-0.1, -0.05) is 0 Å². The second-order valence-electron chi connectivity index (χ2n) is 4.87. The minimum absolute atomic E-state index is 0.0852. The molecule has 0 saturated carbocycles. The first-order valence-electron chi connectivity index (χ1n) is 5.45. The molecule has 0 heterocycles. The van der Waals surface area contributed by atoms with Gasteiger partial charge in [0, 0.05) is 12.6 Å². The van der Waals surface area contributed by atoms with Crippen LogP contribution in [0.15, 0.2) is 0 Å². The Morgan fingerprint density at radius 1 is 1.35 bits per heavy atom. The third kappa shape index (κ3) is 7.57. The molecule has 0 spiro atoms. The summed E-state index contributed by atoms with van der Waals surface area (Å²) in [5.41, 5.74) is -0.357. The van der Waals surface area contributed by atoms with Crippen LogP contribution in [0.1, 0.15) is 34.1 Å². The average molecular weight is 246 g/mol. The van der Waals surface area contributed by atoms with Gasteiger partial charge in [0.05, 0.1) is 13.5 Å². The van der Waals surface area contributed by atoms with E-state index in [9.17, 15) is 9.59 Å². The smallest absolute Gasteiger partial charge is 0.407 e. The van der Waals surface area contributed by atoms with Crippen LogP contribution in [0.3, 0.4) is 0 Å². The molecule has 0 saturated heterocycles. The van der Waals surface area contributed by atoms with Crippen molar-refractivity contribution < 1.29 is 19.2 Å². The van der Waals surface area contributed by atoms with Crippen LogP contribution in [0.2, 0.25) is 0 Å². The van der Waals surface area contributed by atoms with Gasteiger partial charge in [-0.2, -0.15) is 0 Å². The Kier molecular flexibility index (Phi) is 5.95. The molecule has 0 aliphatic heterocycles. The Morgan fingerprint density at radius 2 is 1.88 bits per heavy atom. The van der Waals surface area contributed by atoms with Gasteiger partial charge in [0.1, 0.15) is 6.10 Å². The fraction of sp³-hybridized carbons (Fsp3) is 0.818. The maximum Gasteiger partial charge on any atom is 0.407 e. The largest absolute Gasteiger partial charge is 0.446 e. The zero-order valence-electron chi connectivity index (χ0n) is 11.4. The number of ether oxygens (including phenoxy) is 1. The molecule has 1 N–H and O–H groups in total. The molecule has 0 aromatic carbocycles. The van der Waals surface area contributed by atoms with Crippen LogP contribution >= 0.6 is 0 Å². The third-order valence-corrected chi connectivity index (χ3v) is 1.87. The minimum atomic E-state index is -0.530. The van der Waals surface area contributed by atoms with Crippen LogP contribution in [-0.4, -0.2) is 42.9 Å². The van der Waals surface area contributed by atoms with Gasteiger partial charge in [-0.25, -0.2) is 9.86 Å². The Hall–Kier alpha value is -1.30. The molecule has 0 radical (unpaired) electrons. The van der Waals surface area contributed by atoms with Crippen molar-refractivity contribution in [1.29, 1.82) is 0 Å². The molecule has 0 aromatic heterocycles. The van der Waals surface area contributed by atoms with E-state index in [0.29, 0.717) is 0 Å². The summed E-state index contributed by atoms with van der Waals surface area (Å²) < 4.78 is 5.04. The van der Waals surface area contributed by atoms with Crippen LogP contribution in [0.4, 0.5) is 4.79 Å². The van der Waals surface area contributed by atoms with Crippen molar-refractivity contribution in [3.8, 4) is 0 Å². The Bertz CT molecular complexity index is 273. The average Bonchev–Trinajstić information content (AvgIpc) is 2.12. The number of hydrogen-bond acceptors (Lipinski definition) is 4. The Morgan fingerprint density at radius 3 is 2.29 bits per heavy atom. The number of nitrogens with one attached hydrogen (secondary N) is 1. The quantitative estimate of drug-likeness (QED) is 0.759. The highest BCUT2D eigenvalue weighted by Gasteiger charge is 2.19. The highest BCUT2D eigenvalue weighted by Crippen LogP contribution is 2.04. The standard InChI is InChI=1S/C11H22N2O4/c1-8(7-9(14)13(5)16-6)17-10(15)12-11(2,3)4/h8H,7H2,1-6H3,(H,12,15). The predicted molar refractivity (Wildman–Crippen MR) is 63.2 cm³/mol. The van der Waals surface area contributed by atoms with Gasteiger partial charge in [0.2, 0.25) is 5.91 Å². The maximum atomic E-state index is 11.4. The van der Waals surface area contributed by atoms with E-state index in [4.69, 9.17) is 9.57 Å². The highest BCUT2D eigenvalue weighted by atomic mass is 16.7. The molecular formula is C11H22N2O4. The predicted octanol–water partition coefficient (Wildman–Crippen LogP) is 1.31. The number of hydroxylamine groups is 2. The molecule has 0 aliphatic rings. The number of hydrogen-bond donors (Lipinski definition) is 1. The summed E-state index contributed by atoms with van der Waals surface area (Å²) in [5, 5.41) is 3.75. The molecule has 0 aliphatic carbocycles. The molecule has 1 atom stereocenters. The fourth-order valence-corrected chi connectivity index (χ4v) is 1.04. The Labute approximate surface area is 102 Å². The maximum absolute atomic E-state index is 11.4. The molecule has 17 heavy (non-hydrogen) atoms. The summed E-state index contributed by atoms with van der Waals surface area (Å²) in [4.78, 5) is 27.6. The van der Waals surface area contributed by atoms with E-state index in [0.717, 1.165) is 5.06 Å². The zero-order valence-corrected chi connectivity index (χ0v) is 11.4. The Balaban J connectivity index is 4.06. The van der Waals surface area contributed by atoms with Crippen molar-refractivity contribution in [2.24, 2.45) is 0 Å². The molecular weight excluding hydrogens is 224 g/mol. The molecule has 0 aromatic rings. The van der Waals surface area contributed by atoms with Gasteiger partial charge >= 0.3 is 6.09 Å². The van der Waals surface area contributed by atoms with Crippen LogP contribution in [-0.2, 0) is 14.4 Å². The first kappa shape index (κ1) is 15.7. The van der Waals surface area contributed by atoms with Crippen molar-refractivity contribution >= 4 is 12.0 Å². The van der Waals surface area contributed by atoms with E-state index in [1.165, 1.54) is 14.2 Å². The van der Waals surface area contributed by atoms with Crippen molar-refractivity contribution in [3.05, 3.63) is 0 Å². The summed E-state index contributed by atoms with van der Waals surface area (Å²) >= 11 is 0.